The van der Waals surface area contributed by atoms with Crippen LogP contribution in [0.1, 0.15) is 30.7 Å². The topological polar surface area (TPSA) is 40.2 Å². The molecular formula is C17H22N2O2. The van der Waals surface area contributed by atoms with Crippen molar-refractivity contribution >= 4 is 11.0 Å². The fourth-order valence-electron chi connectivity index (χ4n) is 2.34. The molecule has 2 heterocycles. The Morgan fingerprint density at radius 3 is 2.62 bits per heavy atom. The number of nitrogens with zero attached hydrogens (tertiary/aromatic N) is 2. The van der Waals surface area contributed by atoms with E-state index in [1.807, 2.05) is 53.1 Å². The first-order valence-corrected chi connectivity index (χ1v) is 7.24. The highest BCUT2D eigenvalue weighted by Gasteiger charge is 2.12. The molecule has 0 aliphatic rings. The number of aryl methyl sites for hydroxylation is 3. The monoisotopic (exact) mass is 286 g/mol. The quantitative estimate of drug-likeness (QED) is 0.717. The van der Waals surface area contributed by atoms with E-state index in [4.69, 9.17) is 9.15 Å². The van der Waals surface area contributed by atoms with Crippen molar-refractivity contribution in [3.8, 4) is 5.75 Å². The Kier molecular flexibility index (Phi) is 4.68. The van der Waals surface area contributed by atoms with Crippen LogP contribution in [0.2, 0.25) is 0 Å². The highest BCUT2D eigenvalue weighted by atomic mass is 16.5. The first-order chi connectivity index (χ1) is 10.1. The highest BCUT2D eigenvalue weighted by Crippen LogP contribution is 2.33. The maximum absolute atomic E-state index is 5.93. The van der Waals surface area contributed by atoms with Gasteiger partial charge >= 0.3 is 0 Å². The summed E-state index contributed by atoms with van der Waals surface area (Å²) in [5.41, 5.74) is 4.05. The van der Waals surface area contributed by atoms with Crippen molar-refractivity contribution < 1.29 is 9.15 Å². The van der Waals surface area contributed by atoms with E-state index in [2.05, 4.69) is 11.2 Å². The lowest BCUT2D eigenvalue weighted by Crippen LogP contribution is -2.00. The van der Waals surface area contributed by atoms with Crippen molar-refractivity contribution in [1.29, 1.82) is 0 Å². The molecule has 0 aliphatic heterocycles. The minimum absolute atomic E-state index is 0.463. The second-order valence-electron chi connectivity index (χ2n) is 4.77. The fourth-order valence-corrected chi connectivity index (χ4v) is 2.34. The molecule has 0 amide bonds. The van der Waals surface area contributed by atoms with E-state index in [-0.39, 0.29) is 0 Å². The Morgan fingerprint density at radius 2 is 1.95 bits per heavy atom. The van der Waals surface area contributed by atoms with Gasteiger partial charge in [0, 0.05) is 13.2 Å². The molecule has 3 aromatic rings. The molecule has 0 atom stereocenters. The first-order valence-electron chi connectivity index (χ1n) is 7.24. The molecular weight excluding hydrogens is 264 g/mol. The number of hydrogen-bond acceptors (Lipinski definition) is 3. The molecule has 112 valence electrons. The number of hydrogen-bond donors (Lipinski definition) is 0. The predicted octanol–water partition coefficient (Wildman–Crippen LogP) is 4.39. The summed E-state index contributed by atoms with van der Waals surface area (Å²) in [7, 11) is 1.90. The number of ether oxygens (including phenoxy) is 1. The minimum Gasteiger partial charge on any atom is -0.486 e. The minimum atomic E-state index is 0.463. The summed E-state index contributed by atoms with van der Waals surface area (Å²) in [4.78, 5) is 0. The standard InChI is InChI=1S/C15H16N2O2.C2H6/c1-10-8-11(2)15(13-5-7-18-14(10)13)19-9-12-4-6-17(3)16-12;1-2/h4-8H,9H2,1-3H3;1-2H3. The molecule has 0 fully saturated rings. The van der Waals surface area contributed by atoms with Gasteiger partial charge in [0.05, 0.1) is 17.3 Å². The van der Waals surface area contributed by atoms with Crippen molar-refractivity contribution in [3.63, 3.8) is 0 Å². The molecule has 21 heavy (non-hydrogen) atoms. The number of fused-ring (bicyclic) bond motifs is 1. The summed E-state index contributed by atoms with van der Waals surface area (Å²) in [5, 5.41) is 5.33. The van der Waals surface area contributed by atoms with Gasteiger partial charge in [0.1, 0.15) is 17.9 Å². The molecule has 0 radical (unpaired) electrons. The average molecular weight is 286 g/mol. The van der Waals surface area contributed by atoms with E-state index < -0.39 is 0 Å². The van der Waals surface area contributed by atoms with Gasteiger partial charge in [-0.1, -0.05) is 13.8 Å². The molecule has 0 aliphatic carbocycles. The lowest BCUT2D eigenvalue weighted by molar-refractivity contribution is 0.301. The fraction of sp³-hybridized carbons (Fsp3) is 0.353. The van der Waals surface area contributed by atoms with Gasteiger partial charge in [-0.15, -0.1) is 0 Å². The van der Waals surface area contributed by atoms with Gasteiger partial charge in [-0.3, -0.25) is 4.68 Å². The molecule has 3 rings (SSSR count). The van der Waals surface area contributed by atoms with Gasteiger partial charge in [0.2, 0.25) is 0 Å². The van der Waals surface area contributed by atoms with Crippen LogP contribution in [-0.4, -0.2) is 9.78 Å². The molecule has 2 aromatic heterocycles. The summed E-state index contributed by atoms with van der Waals surface area (Å²) in [6.45, 7) is 8.56. The Bertz CT molecular complexity index is 726. The zero-order valence-corrected chi connectivity index (χ0v) is 13.3. The molecule has 1 aromatic carbocycles. The van der Waals surface area contributed by atoms with E-state index >= 15 is 0 Å². The zero-order chi connectivity index (χ0) is 15.4. The zero-order valence-electron chi connectivity index (χ0n) is 13.3. The Hall–Kier alpha value is -2.23. The third-order valence-electron chi connectivity index (χ3n) is 3.19. The molecule has 0 bridgehead atoms. The van der Waals surface area contributed by atoms with Crippen molar-refractivity contribution in [3.05, 3.63) is 47.5 Å². The van der Waals surface area contributed by atoms with Gasteiger partial charge in [-0.2, -0.15) is 5.10 Å². The molecule has 0 spiro atoms. The summed E-state index contributed by atoms with van der Waals surface area (Å²) < 4.78 is 13.2. The van der Waals surface area contributed by atoms with Crippen LogP contribution in [0.5, 0.6) is 5.75 Å². The van der Waals surface area contributed by atoms with Crippen LogP contribution in [-0.2, 0) is 13.7 Å². The van der Waals surface area contributed by atoms with Gasteiger partial charge < -0.3 is 9.15 Å². The first kappa shape index (κ1) is 15.2. The van der Waals surface area contributed by atoms with Crippen LogP contribution in [0.3, 0.4) is 0 Å². The smallest absolute Gasteiger partial charge is 0.140 e. The molecule has 0 N–H and O–H groups in total. The van der Waals surface area contributed by atoms with Crippen LogP contribution in [0, 0.1) is 13.8 Å². The van der Waals surface area contributed by atoms with Gasteiger partial charge in [-0.05, 0) is 43.2 Å². The van der Waals surface area contributed by atoms with Gasteiger partial charge in [0.25, 0.3) is 0 Å². The maximum Gasteiger partial charge on any atom is 0.140 e. The van der Waals surface area contributed by atoms with Crippen molar-refractivity contribution in [1.82, 2.24) is 9.78 Å². The molecule has 0 saturated carbocycles. The molecule has 4 heteroatoms. The van der Waals surface area contributed by atoms with Gasteiger partial charge in [0.15, 0.2) is 0 Å². The average Bonchev–Trinajstić information content (AvgIpc) is 3.10. The van der Waals surface area contributed by atoms with E-state index in [0.29, 0.717) is 6.61 Å². The maximum atomic E-state index is 5.93. The van der Waals surface area contributed by atoms with Crippen molar-refractivity contribution in [2.24, 2.45) is 7.05 Å². The normalized spacial score (nSPS) is 10.3. The summed E-state index contributed by atoms with van der Waals surface area (Å²) >= 11 is 0. The van der Waals surface area contributed by atoms with E-state index in [0.717, 1.165) is 33.5 Å². The lowest BCUT2D eigenvalue weighted by Gasteiger charge is -2.10. The number of benzene rings is 1. The van der Waals surface area contributed by atoms with E-state index in [9.17, 15) is 0 Å². The van der Waals surface area contributed by atoms with Crippen LogP contribution >= 0.6 is 0 Å². The predicted molar refractivity (Wildman–Crippen MR) is 84.6 cm³/mol. The number of aromatic nitrogens is 2. The third-order valence-corrected chi connectivity index (χ3v) is 3.19. The second kappa shape index (κ2) is 6.48. The largest absolute Gasteiger partial charge is 0.486 e. The van der Waals surface area contributed by atoms with Crippen LogP contribution in [0.25, 0.3) is 11.0 Å². The van der Waals surface area contributed by atoms with Crippen molar-refractivity contribution in [2.45, 2.75) is 34.3 Å². The number of furan rings is 1. The molecule has 0 unspecified atom stereocenters. The Morgan fingerprint density at radius 1 is 1.19 bits per heavy atom. The Balaban J connectivity index is 0.000000774. The third kappa shape index (κ3) is 3.10. The lowest BCUT2D eigenvalue weighted by atomic mass is 10.1. The van der Waals surface area contributed by atoms with E-state index in [1.54, 1.807) is 10.9 Å². The number of rotatable bonds is 3. The van der Waals surface area contributed by atoms with Crippen LogP contribution < -0.4 is 4.74 Å². The second-order valence-corrected chi connectivity index (χ2v) is 4.77. The summed E-state index contributed by atoms with van der Waals surface area (Å²) in [6, 6.07) is 5.98. The highest BCUT2D eigenvalue weighted by molar-refractivity contribution is 5.88. The van der Waals surface area contributed by atoms with Gasteiger partial charge in [-0.25, -0.2) is 0 Å². The SMILES string of the molecule is CC.Cc1cc(C)c2occc2c1OCc1ccn(C)n1. The van der Waals surface area contributed by atoms with E-state index in [1.165, 1.54) is 0 Å². The summed E-state index contributed by atoms with van der Waals surface area (Å²) in [5.74, 6) is 0.875. The van der Waals surface area contributed by atoms with Crippen LogP contribution in [0.4, 0.5) is 0 Å². The summed E-state index contributed by atoms with van der Waals surface area (Å²) in [6.07, 6.45) is 3.61. The Labute approximate surface area is 125 Å². The molecule has 0 saturated heterocycles. The van der Waals surface area contributed by atoms with Crippen molar-refractivity contribution in [2.75, 3.05) is 0 Å². The molecule has 4 nitrogen and oxygen atoms in total. The van der Waals surface area contributed by atoms with Crippen LogP contribution in [0.15, 0.2) is 35.1 Å².